The first-order chi connectivity index (χ1) is 10.6. The van der Waals surface area contributed by atoms with Crippen molar-refractivity contribution in [3.63, 3.8) is 0 Å². The van der Waals surface area contributed by atoms with Crippen molar-refractivity contribution in [3.8, 4) is 11.5 Å². The maximum atomic E-state index is 11.9. The predicted octanol–water partition coefficient (Wildman–Crippen LogP) is 3.30. The van der Waals surface area contributed by atoms with E-state index in [-0.39, 0.29) is 5.91 Å². The van der Waals surface area contributed by atoms with Gasteiger partial charge in [0.15, 0.2) is 6.10 Å². The number of rotatable bonds is 7. The standard InChI is InChI=1S/C17H18ClNO3/c1-13(22-16-9-7-14(18)8-10-16)17(20)19-11-12-21-15-5-3-2-4-6-15/h2-10,13H,11-12H2,1H3,(H,19,20)/t13-/m1/s1. The first-order valence-corrected chi connectivity index (χ1v) is 7.41. The van der Waals surface area contributed by atoms with Gasteiger partial charge in [0.2, 0.25) is 0 Å². The number of hydrogen-bond donors (Lipinski definition) is 1. The summed E-state index contributed by atoms with van der Waals surface area (Å²) in [4.78, 5) is 11.9. The van der Waals surface area contributed by atoms with E-state index in [1.165, 1.54) is 0 Å². The molecule has 0 aromatic heterocycles. The van der Waals surface area contributed by atoms with Crippen LogP contribution < -0.4 is 14.8 Å². The Morgan fingerprint density at radius 3 is 2.45 bits per heavy atom. The summed E-state index contributed by atoms with van der Waals surface area (Å²) < 4.78 is 11.0. The smallest absolute Gasteiger partial charge is 0.260 e. The SMILES string of the molecule is C[C@@H](Oc1ccc(Cl)cc1)C(=O)NCCOc1ccccc1. The van der Waals surface area contributed by atoms with E-state index >= 15 is 0 Å². The van der Waals surface area contributed by atoms with Crippen LogP contribution in [0.5, 0.6) is 11.5 Å². The highest BCUT2D eigenvalue weighted by Crippen LogP contribution is 2.16. The summed E-state index contributed by atoms with van der Waals surface area (Å²) >= 11 is 5.80. The Morgan fingerprint density at radius 1 is 1.09 bits per heavy atom. The van der Waals surface area contributed by atoms with Gasteiger partial charge in [-0.25, -0.2) is 0 Å². The average Bonchev–Trinajstić information content (AvgIpc) is 2.54. The molecule has 22 heavy (non-hydrogen) atoms. The van der Waals surface area contributed by atoms with E-state index in [0.717, 1.165) is 5.75 Å². The topological polar surface area (TPSA) is 47.6 Å². The molecule has 0 spiro atoms. The first kappa shape index (κ1) is 16.2. The molecule has 2 rings (SSSR count). The van der Waals surface area contributed by atoms with Crippen molar-refractivity contribution >= 4 is 17.5 Å². The molecule has 2 aromatic carbocycles. The molecule has 0 aliphatic rings. The van der Waals surface area contributed by atoms with E-state index < -0.39 is 6.10 Å². The molecule has 4 nitrogen and oxygen atoms in total. The third-order valence-electron chi connectivity index (χ3n) is 2.91. The lowest BCUT2D eigenvalue weighted by molar-refractivity contribution is -0.127. The molecule has 0 bridgehead atoms. The van der Waals surface area contributed by atoms with Crippen molar-refractivity contribution in [1.29, 1.82) is 0 Å². The minimum Gasteiger partial charge on any atom is -0.492 e. The van der Waals surface area contributed by atoms with Crippen LogP contribution in [-0.4, -0.2) is 25.2 Å². The Morgan fingerprint density at radius 2 is 1.77 bits per heavy atom. The van der Waals surface area contributed by atoms with Crippen molar-refractivity contribution in [3.05, 3.63) is 59.6 Å². The van der Waals surface area contributed by atoms with Gasteiger partial charge in [0, 0.05) is 5.02 Å². The van der Waals surface area contributed by atoms with Gasteiger partial charge in [-0.1, -0.05) is 29.8 Å². The molecule has 0 unspecified atom stereocenters. The molecule has 1 N–H and O–H groups in total. The number of halogens is 1. The molecule has 0 fully saturated rings. The number of hydrogen-bond acceptors (Lipinski definition) is 3. The van der Waals surface area contributed by atoms with E-state index in [0.29, 0.717) is 23.9 Å². The zero-order valence-corrected chi connectivity index (χ0v) is 13.0. The molecule has 0 heterocycles. The van der Waals surface area contributed by atoms with E-state index in [2.05, 4.69) is 5.32 Å². The number of para-hydroxylation sites is 1. The minimum absolute atomic E-state index is 0.188. The van der Waals surface area contributed by atoms with Crippen LogP contribution in [0.4, 0.5) is 0 Å². The second-order valence-corrected chi connectivity index (χ2v) is 5.10. The quantitative estimate of drug-likeness (QED) is 0.797. The van der Waals surface area contributed by atoms with Gasteiger partial charge < -0.3 is 14.8 Å². The van der Waals surface area contributed by atoms with Crippen LogP contribution in [0.25, 0.3) is 0 Å². The summed E-state index contributed by atoms with van der Waals surface area (Å²) in [6.45, 7) is 2.52. The molecule has 0 aliphatic carbocycles. The van der Waals surface area contributed by atoms with Crippen LogP contribution in [0.1, 0.15) is 6.92 Å². The molecular weight excluding hydrogens is 302 g/mol. The fourth-order valence-corrected chi connectivity index (χ4v) is 1.90. The van der Waals surface area contributed by atoms with Crippen LogP contribution in [-0.2, 0) is 4.79 Å². The largest absolute Gasteiger partial charge is 0.492 e. The maximum Gasteiger partial charge on any atom is 0.260 e. The number of carbonyl (C=O) groups excluding carboxylic acids is 1. The summed E-state index contributed by atoms with van der Waals surface area (Å²) in [6, 6.07) is 16.3. The number of benzene rings is 2. The van der Waals surface area contributed by atoms with Crippen molar-refractivity contribution in [2.45, 2.75) is 13.0 Å². The fourth-order valence-electron chi connectivity index (χ4n) is 1.77. The first-order valence-electron chi connectivity index (χ1n) is 7.03. The lowest BCUT2D eigenvalue weighted by Gasteiger charge is -2.15. The van der Waals surface area contributed by atoms with Gasteiger partial charge in [-0.15, -0.1) is 0 Å². The fraction of sp³-hybridized carbons (Fsp3) is 0.235. The van der Waals surface area contributed by atoms with Gasteiger partial charge in [-0.3, -0.25) is 4.79 Å². The molecule has 0 radical (unpaired) electrons. The van der Waals surface area contributed by atoms with E-state index in [1.807, 2.05) is 30.3 Å². The summed E-state index contributed by atoms with van der Waals surface area (Å²) in [7, 11) is 0. The van der Waals surface area contributed by atoms with Gasteiger partial charge in [0.05, 0.1) is 6.54 Å². The molecule has 0 aliphatic heterocycles. The van der Waals surface area contributed by atoms with Gasteiger partial charge in [-0.2, -0.15) is 0 Å². The van der Waals surface area contributed by atoms with Crippen LogP contribution in [0.3, 0.4) is 0 Å². The summed E-state index contributed by atoms with van der Waals surface area (Å²) in [6.07, 6.45) is -0.585. The van der Waals surface area contributed by atoms with E-state index in [1.54, 1.807) is 31.2 Å². The number of carbonyl (C=O) groups is 1. The summed E-state index contributed by atoms with van der Waals surface area (Å²) in [5, 5.41) is 3.40. The van der Waals surface area contributed by atoms with Gasteiger partial charge in [0.25, 0.3) is 5.91 Å². The highest BCUT2D eigenvalue weighted by Gasteiger charge is 2.13. The van der Waals surface area contributed by atoms with Crippen LogP contribution in [0.2, 0.25) is 5.02 Å². The van der Waals surface area contributed by atoms with Crippen LogP contribution in [0.15, 0.2) is 54.6 Å². The zero-order chi connectivity index (χ0) is 15.8. The lowest BCUT2D eigenvalue weighted by Crippen LogP contribution is -2.38. The van der Waals surface area contributed by atoms with Gasteiger partial charge in [-0.05, 0) is 43.3 Å². The Hall–Kier alpha value is -2.20. The Kier molecular flexibility index (Phi) is 6.10. The highest BCUT2D eigenvalue weighted by atomic mass is 35.5. The van der Waals surface area contributed by atoms with Crippen molar-refractivity contribution in [2.75, 3.05) is 13.2 Å². The van der Waals surface area contributed by atoms with E-state index in [4.69, 9.17) is 21.1 Å². The monoisotopic (exact) mass is 319 g/mol. The molecule has 2 aromatic rings. The Bertz CT molecular complexity index is 587. The minimum atomic E-state index is -0.585. The second-order valence-electron chi connectivity index (χ2n) is 4.67. The molecule has 0 saturated carbocycles. The van der Waals surface area contributed by atoms with E-state index in [9.17, 15) is 4.79 Å². The number of nitrogens with one attached hydrogen (secondary N) is 1. The van der Waals surface area contributed by atoms with Gasteiger partial charge in [0.1, 0.15) is 18.1 Å². The summed E-state index contributed by atoms with van der Waals surface area (Å²) in [5.41, 5.74) is 0. The highest BCUT2D eigenvalue weighted by molar-refractivity contribution is 6.30. The molecule has 1 amide bonds. The molecule has 1 atom stereocenters. The molecule has 116 valence electrons. The third kappa shape index (κ3) is 5.30. The predicted molar refractivity (Wildman–Crippen MR) is 86.5 cm³/mol. The molecule has 0 saturated heterocycles. The maximum absolute atomic E-state index is 11.9. The molecular formula is C17H18ClNO3. The van der Waals surface area contributed by atoms with Gasteiger partial charge >= 0.3 is 0 Å². The number of amides is 1. The van der Waals surface area contributed by atoms with Crippen LogP contribution in [0, 0.1) is 0 Å². The normalized spacial score (nSPS) is 11.5. The average molecular weight is 320 g/mol. The summed E-state index contributed by atoms with van der Waals surface area (Å²) in [5.74, 6) is 1.20. The van der Waals surface area contributed by atoms with Crippen molar-refractivity contribution in [1.82, 2.24) is 5.32 Å². The lowest BCUT2D eigenvalue weighted by atomic mass is 10.3. The Labute approximate surface area is 135 Å². The number of ether oxygens (including phenoxy) is 2. The Balaban J connectivity index is 1.69. The molecule has 5 heteroatoms. The second kappa shape index (κ2) is 8.29. The van der Waals surface area contributed by atoms with Crippen molar-refractivity contribution < 1.29 is 14.3 Å². The zero-order valence-electron chi connectivity index (χ0n) is 12.3. The van der Waals surface area contributed by atoms with Crippen molar-refractivity contribution in [2.24, 2.45) is 0 Å². The third-order valence-corrected chi connectivity index (χ3v) is 3.16. The van der Waals surface area contributed by atoms with Crippen LogP contribution >= 0.6 is 11.6 Å².